The second-order valence-electron chi connectivity index (χ2n) is 3.97. The van der Waals surface area contributed by atoms with Crippen molar-refractivity contribution in [1.29, 1.82) is 0 Å². The number of rotatable bonds is 5. The van der Waals surface area contributed by atoms with Gasteiger partial charge in [-0.15, -0.1) is 0 Å². The first-order valence-corrected chi connectivity index (χ1v) is 6.64. The highest BCUT2D eigenvalue weighted by molar-refractivity contribution is 9.10. The van der Waals surface area contributed by atoms with Crippen LogP contribution in [-0.2, 0) is 0 Å². The standard InChI is InChI=1S/C13H17BrFNO/c1-3-6-9(4-2)16-13(17)10-7-5-8-11(14)12(10)15/h5,7-9H,3-4,6H2,1-2H3,(H,16,17). The van der Waals surface area contributed by atoms with E-state index < -0.39 is 5.82 Å². The first-order chi connectivity index (χ1) is 8.10. The third-order valence-electron chi connectivity index (χ3n) is 2.66. The maximum Gasteiger partial charge on any atom is 0.254 e. The smallest absolute Gasteiger partial charge is 0.254 e. The maximum absolute atomic E-state index is 13.7. The summed E-state index contributed by atoms with van der Waals surface area (Å²) in [7, 11) is 0. The molecule has 1 unspecified atom stereocenters. The lowest BCUT2D eigenvalue weighted by atomic mass is 10.1. The molecule has 0 bridgehead atoms. The van der Waals surface area contributed by atoms with Crippen LogP contribution < -0.4 is 5.32 Å². The molecule has 1 aromatic rings. The van der Waals surface area contributed by atoms with Gasteiger partial charge in [-0.3, -0.25) is 4.79 Å². The average Bonchev–Trinajstić information content (AvgIpc) is 2.31. The number of hydrogen-bond donors (Lipinski definition) is 1. The largest absolute Gasteiger partial charge is 0.349 e. The highest BCUT2D eigenvalue weighted by Gasteiger charge is 2.16. The summed E-state index contributed by atoms with van der Waals surface area (Å²) in [6.45, 7) is 4.08. The first-order valence-electron chi connectivity index (χ1n) is 5.85. The van der Waals surface area contributed by atoms with Crippen LogP contribution >= 0.6 is 15.9 Å². The molecule has 1 amide bonds. The van der Waals surface area contributed by atoms with Crippen molar-refractivity contribution < 1.29 is 9.18 Å². The number of carbonyl (C=O) groups excluding carboxylic acids is 1. The van der Waals surface area contributed by atoms with Gasteiger partial charge in [-0.25, -0.2) is 4.39 Å². The van der Waals surface area contributed by atoms with Crippen LogP contribution in [0.1, 0.15) is 43.5 Å². The van der Waals surface area contributed by atoms with Crippen LogP contribution in [0.5, 0.6) is 0 Å². The van der Waals surface area contributed by atoms with Crippen molar-refractivity contribution in [3.05, 3.63) is 34.1 Å². The zero-order valence-corrected chi connectivity index (χ0v) is 11.7. The van der Waals surface area contributed by atoms with E-state index in [9.17, 15) is 9.18 Å². The Morgan fingerprint density at radius 1 is 1.47 bits per heavy atom. The highest BCUT2D eigenvalue weighted by Crippen LogP contribution is 2.18. The van der Waals surface area contributed by atoms with E-state index in [4.69, 9.17) is 0 Å². The van der Waals surface area contributed by atoms with Gasteiger partial charge in [-0.2, -0.15) is 0 Å². The minimum Gasteiger partial charge on any atom is -0.349 e. The summed E-state index contributed by atoms with van der Waals surface area (Å²) in [6.07, 6.45) is 2.77. The van der Waals surface area contributed by atoms with Gasteiger partial charge in [-0.05, 0) is 40.9 Å². The Morgan fingerprint density at radius 3 is 2.76 bits per heavy atom. The SMILES string of the molecule is CCCC(CC)NC(=O)c1cccc(Br)c1F. The first kappa shape index (κ1) is 14.2. The maximum atomic E-state index is 13.7. The monoisotopic (exact) mass is 301 g/mol. The van der Waals surface area contributed by atoms with E-state index in [0.29, 0.717) is 4.47 Å². The Kier molecular flexibility index (Phi) is 5.62. The number of nitrogens with one attached hydrogen (secondary N) is 1. The molecule has 1 rings (SSSR count). The summed E-state index contributed by atoms with van der Waals surface area (Å²) in [5.74, 6) is -0.847. The van der Waals surface area contributed by atoms with Gasteiger partial charge >= 0.3 is 0 Å². The Bertz CT molecular complexity index is 395. The molecule has 0 aliphatic carbocycles. The van der Waals surface area contributed by atoms with Crippen LogP contribution in [0.15, 0.2) is 22.7 Å². The zero-order chi connectivity index (χ0) is 12.8. The molecule has 0 aliphatic rings. The van der Waals surface area contributed by atoms with Crippen LogP contribution in [-0.4, -0.2) is 11.9 Å². The molecule has 4 heteroatoms. The summed E-state index contributed by atoms with van der Waals surface area (Å²) in [5.41, 5.74) is 0.0916. The molecule has 0 saturated carbocycles. The fourth-order valence-corrected chi connectivity index (χ4v) is 2.04. The van der Waals surface area contributed by atoms with Crippen molar-refractivity contribution >= 4 is 21.8 Å². The minimum absolute atomic E-state index is 0.0916. The molecule has 1 aromatic carbocycles. The molecule has 0 aliphatic heterocycles. The molecule has 0 saturated heterocycles. The molecule has 0 aromatic heterocycles. The predicted molar refractivity (Wildman–Crippen MR) is 70.6 cm³/mol. The Balaban J connectivity index is 2.79. The van der Waals surface area contributed by atoms with Crippen molar-refractivity contribution in [3.8, 4) is 0 Å². The number of amides is 1. The lowest BCUT2D eigenvalue weighted by Crippen LogP contribution is -2.34. The molecule has 2 nitrogen and oxygen atoms in total. The minimum atomic E-state index is -0.503. The predicted octanol–water partition coefficient (Wildman–Crippen LogP) is 3.90. The molecule has 0 heterocycles. The van der Waals surface area contributed by atoms with Gasteiger partial charge in [0.25, 0.3) is 5.91 Å². The summed E-state index contributed by atoms with van der Waals surface area (Å²) < 4.78 is 14.0. The Morgan fingerprint density at radius 2 is 2.18 bits per heavy atom. The average molecular weight is 302 g/mol. The van der Waals surface area contributed by atoms with Gasteiger partial charge in [-0.1, -0.05) is 26.3 Å². The molecule has 94 valence electrons. The third-order valence-corrected chi connectivity index (χ3v) is 3.27. The van der Waals surface area contributed by atoms with E-state index >= 15 is 0 Å². The van der Waals surface area contributed by atoms with Gasteiger partial charge in [0.05, 0.1) is 10.0 Å². The summed E-state index contributed by atoms with van der Waals surface area (Å²) >= 11 is 3.07. The molecule has 1 N–H and O–H groups in total. The lowest BCUT2D eigenvalue weighted by Gasteiger charge is -2.16. The number of hydrogen-bond acceptors (Lipinski definition) is 1. The fourth-order valence-electron chi connectivity index (χ4n) is 1.67. The van der Waals surface area contributed by atoms with E-state index in [1.807, 2.05) is 6.92 Å². The van der Waals surface area contributed by atoms with Gasteiger partial charge in [0, 0.05) is 6.04 Å². The van der Waals surface area contributed by atoms with Gasteiger partial charge in [0.2, 0.25) is 0 Å². The van der Waals surface area contributed by atoms with Crippen LogP contribution in [0, 0.1) is 5.82 Å². The van der Waals surface area contributed by atoms with Crippen molar-refractivity contribution in [1.82, 2.24) is 5.32 Å². The van der Waals surface area contributed by atoms with Crippen molar-refractivity contribution in [2.24, 2.45) is 0 Å². The normalized spacial score (nSPS) is 12.2. The van der Waals surface area contributed by atoms with E-state index in [0.717, 1.165) is 19.3 Å². The number of halogens is 2. The molecule has 0 fully saturated rings. The molecular weight excluding hydrogens is 285 g/mol. The summed E-state index contributed by atoms with van der Waals surface area (Å²) in [6, 6.07) is 4.85. The van der Waals surface area contributed by atoms with Crippen molar-refractivity contribution in [3.63, 3.8) is 0 Å². The lowest BCUT2D eigenvalue weighted by molar-refractivity contribution is 0.0929. The third kappa shape index (κ3) is 3.80. The topological polar surface area (TPSA) is 29.1 Å². The number of carbonyl (C=O) groups is 1. The van der Waals surface area contributed by atoms with Gasteiger partial charge < -0.3 is 5.32 Å². The Labute approximate surface area is 110 Å². The summed E-state index contributed by atoms with van der Waals surface area (Å²) in [5, 5.41) is 2.85. The van der Waals surface area contributed by atoms with E-state index in [1.54, 1.807) is 12.1 Å². The molecular formula is C13H17BrFNO. The van der Waals surface area contributed by atoms with Gasteiger partial charge in [0.1, 0.15) is 5.82 Å². The molecule has 17 heavy (non-hydrogen) atoms. The second kappa shape index (κ2) is 6.74. The molecule has 0 spiro atoms. The van der Waals surface area contributed by atoms with E-state index in [2.05, 4.69) is 28.2 Å². The van der Waals surface area contributed by atoms with Crippen LogP contribution in [0.4, 0.5) is 4.39 Å². The quantitative estimate of drug-likeness (QED) is 0.878. The number of benzene rings is 1. The van der Waals surface area contributed by atoms with E-state index in [1.165, 1.54) is 6.07 Å². The van der Waals surface area contributed by atoms with Crippen molar-refractivity contribution in [2.45, 2.75) is 39.2 Å². The van der Waals surface area contributed by atoms with Crippen LogP contribution in [0.2, 0.25) is 0 Å². The highest BCUT2D eigenvalue weighted by atomic mass is 79.9. The molecule has 1 atom stereocenters. The Hall–Kier alpha value is -0.900. The second-order valence-corrected chi connectivity index (χ2v) is 4.82. The van der Waals surface area contributed by atoms with Crippen LogP contribution in [0.3, 0.4) is 0 Å². The fraction of sp³-hybridized carbons (Fsp3) is 0.462. The summed E-state index contributed by atoms with van der Waals surface area (Å²) in [4.78, 5) is 11.9. The van der Waals surface area contributed by atoms with Crippen molar-refractivity contribution in [2.75, 3.05) is 0 Å². The van der Waals surface area contributed by atoms with Crippen LogP contribution in [0.25, 0.3) is 0 Å². The van der Waals surface area contributed by atoms with E-state index in [-0.39, 0.29) is 17.5 Å². The molecule has 0 radical (unpaired) electrons. The van der Waals surface area contributed by atoms with Gasteiger partial charge in [0.15, 0.2) is 0 Å². The zero-order valence-electron chi connectivity index (χ0n) is 10.1.